The Morgan fingerprint density at radius 3 is 2.80 bits per heavy atom. The molecule has 1 fully saturated rings. The SMILES string of the molecule is C=C1CN(CC)CCN1S. The summed E-state index contributed by atoms with van der Waals surface area (Å²) in [6, 6.07) is 0. The molecule has 2 nitrogen and oxygen atoms in total. The van der Waals surface area contributed by atoms with Crippen LogP contribution in [0.3, 0.4) is 0 Å². The largest absolute Gasteiger partial charge is 0.321 e. The summed E-state index contributed by atoms with van der Waals surface area (Å²) in [5, 5.41) is 0. The van der Waals surface area contributed by atoms with Gasteiger partial charge in [0, 0.05) is 25.3 Å². The molecule has 58 valence electrons. The monoisotopic (exact) mass is 158 g/mol. The second-order valence-corrected chi connectivity index (χ2v) is 3.04. The van der Waals surface area contributed by atoms with E-state index in [0.29, 0.717) is 0 Å². The molecular weight excluding hydrogens is 144 g/mol. The summed E-state index contributed by atoms with van der Waals surface area (Å²) in [5.41, 5.74) is 1.11. The minimum atomic E-state index is 0.972. The van der Waals surface area contributed by atoms with Gasteiger partial charge in [0.05, 0.1) is 0 Å². The topological polar surface area (TPSA) is 6.48 Å². The van der Waals surface area contributed by atoms with Crippen molar-refractivity contribution in [2.45, 2.75) is 6.92 Å². The fraction of sp³-hybridized carbons (Fsp3) is 0.714. The normalized spacial score (nSPS) is 21.8. The number of nitrogens with zero attached hydrogens (tertiary/aromatic N) is 2. The zero-order chi connectivity index (χ0) is 7.56. The van der Waals surface area contributed by atoms with Crippen LogP contribution in [-0.4, -0.2) is 35.4 Å². The molecule has 1 saturated heterocycles. The van der Waals surface area contributed by atoms with E-state index in [1.54, 1.807) is 0 Å². The minimum Gasteiger partial charge on any atom is -0.321 e. The summed E-state index contributed by atoms with van der Waals surface area (Å²) >= 11 is 4.24. The quantitative estimate of drug-likeness (QED) is 0.568. The zero-order valence-corrected chi connectivity index (χ0v) is 7.27. The van der Waals surface area contributed by atoms with Crippen LogP contribution in [-0.2, 0) is 0 Å². The number of rotatable bonds is 1. The van der Waals surface area contributed by atoms with E-state index in [0.717, 1.165) is 31.9 Å². The van der Waals surface area contributed by atoms with Crippen LogP contribution in [0.15, 0.2) is 12.3 Å². The fourth-order valence-electron chi connectivity index (χ4n) is 1.08. The number of hydrogen-bond acceptors (Lipinski definition) is 3. The predicted molar refractivity (Wildman–Crippen MR) is 46.9 cm³/mol. The lowest BCUT2D eigenvalue weighted by Crippen LogP contribution is -2.40. The van der Waals surface area contributed by atoms with Crippen molar-refractivity contribution in [3.63, 3.8) is 0 Å². The first-order valence-electron chi connectivity index (χ1n) is 3.60. The summed E-state index contributed by atoms with van der Waals surface area (Å²) in [4.78, 5) is 2.36. The molecule has 0 aromatic rings. The highest BCUT2D eigenvalue weighted by Crippen LogP contribution is 2.12. The molecule has 0 aliphatic carbocycles. The number of hydrogen-bond donors (Lipinski definition) is 1. The second-order valence-electron chi connectivity index (χ2n) is 2.56. The maximum absolute atomic E-state index is 4.24. The third kappa shape index (κ3) is 1.67. The van der Waals surface area contributed by atoms with Crippen LogP contribution in [0.1, 0.15) is 6.92 Å². The van der Waals surface area contributed by atoms with Crippen molar-refractivity contribution < 1.29 is 0 Å². The zero-order valence-electron chi connectivity index (χ0n) is 6.38. The van der Waals surface area contributed by atoms with Crippen LogP contribution in [0.4, 0.5) is 0 Å². The lowest BCUT2D eigenvalue weighted by Gasteiger charge is -2.33. The van der Waals surface area contributed by atoms with E-state index in [9.17, 15) is 0 Å². The standard InChI is InChI=1S/C7H14N2S/c1-3-8-4-5-9(10)7(2)6-8/h10H,2-6H2,1H3. The molecule has 0 spiro atoms. The van der Waals surface area contributed by atoms with Crippen LogP contribution in [0, 0.1) is 0 Å². The number of piperazine rings is 1. The number of thiol groups is 1. The maximum Gasteiger partial charge on any atom is 0.0418 e. The van der Waals surface area contributed by atoms with E-state index >= 15 is 0 Å². The molecule has 0 radical (unpaired) electrons. The van der Waals surface area contributed by atoms with Crippen molar-refractivity contribution in [1.29, 1.82) is 0 Å². The molecule has 0 saturated carbocycles. The summed E-state index contributed by atoms with van der Waals surface area (Å²) in [7, 11) is 0. The Bertz CT molecular complexity index is 136. The Kier molecular flexibility index (Phi) is 2.63. The second kappa shape index (κ2) is 3.30. The molecule has 0 atom stereocenters. The lowest BCUT2D eigenvalue weighted by atomic mass is 10.3. The van der Waals surface area contributed by atoms with Gasteiger partial charge in [-0.1, -0.05) is 26.3 Å². The molecule has 10 heavy (non-hydrogen) atoms. The van der Waals surface area contributed by atoms with Crippen LogP contribution in [0.25, 0.3) is 0 Å². The van der Waals surface area contributed by atoms with Gasteiger partial charge in [0.1, 0.15) is 0 Å². The van der Waals surface area contributed by atoms with Gasteiger partial charge in [-0.15, -0.1) is 0 Å². The average molecular weight is 158 g/mol. The Morgan fingerprint density at radius 2 is 2.30 bits per heavy atom. The van der Waals surface area contributed by atoms with Crippen molar-refractivity contribution in [3.05, 3.63) is 12.3 Å². The molecule has 0 bridgehead atoms. The van der Waals surface area contributed by atoms with Gasteiger partial charge in [0.2, 0.25) is 0 Å². The molecule has 0 unspecified atom stereocenters. The summed E-state index contributed by atoms with van der Waals surface area (Å²) < 4.78 is 1.92. The van der Waals surface area contributed by atoms with Gasteiger partial charge < -0.3 is 4.31 Å². The molecule has 1 aliphatic heterocycles. The van der Waals surface area contributed by atoms with Crippen LogP contribution in [0.5, 0.6) is 0 Å². The van der Waals surface area contributed by atoms with Crippen molar-refractivity contribution in [2.75, 3.05) is 26.2 Å². The first-order chi connectivity index (χ1) is 4.74. The molecule has 0 aromatic carbocycles. The van der Waals surface area contributed by atoms with Gasteiger partial charge >= 0.3 is 0 Å². The Morgan fingerprint density at radius 1 is 1.60 bits per heavy atom. The Hall–Kier alpha value is -0.150. The van der Waals surface area contributed by atoms with Gasteiger partial charge in [-0.2, -0.15) is 0 Å². The summed E-state index contributed by atoms with van der Waals surface area (Å²) in [5.74, 6) is 0. The molecule has 1 rings (SSSR count). The van der Waals surface area contributed by atoms with Crippen molar-refractivity contribution in [2.24, 2.45) is 0 Å². The molecular formula is C7H14N2S. The highest BCUT2D eigenvalue weighted by molar-refractivity contribution is 7.77. The van der Waals surface area contributed by atoms with Gasteiger partial charge in [-0.3, -0.25) is 4.90 Å². The average Bonchev–Trinajstić information content (AvgIpc) is 1.95. The smallest absolute Gasteiger partial charge is 0.0418 e. The van der Waals surface area contributed by atoms with Crippen LogP contribution < -0.4 is 0 Å². The molecule has 0 N–H and O–H groups in total. The first kappa shape index (κ1) is 7.95. The molecule has 1 heterocycles. The molecule has 0 amide bonds. The number of likely N-dealkylation sites (N-methyl/N-ethyl adjacent to an activating group) is 1. The van der Waals surface area contributed by atoms with E-state index in [-0.39, 0.29) is 0 Å². The van der Waals surface area contributed by atoms with Gasteiger partial charge in [0.25, 0.3) is 0 Å². The van der Waals surface area contributed by atoms with E-state index in [2.05, 4.69) is 31.2 Å². The highest BCUT2D eigenvalue weighted by atomic mass is 32.1. The van der Waals surface area contributed by atoms with Crippen molar-refractivity contribution in [1.82, 2.24) is 9.21 Å². The van der Waals surface area contributed by atoms with E-state index < -0.39 is 0 Å². The molecule has 1 aliphatic rings. The lowest BCUT2D eigenvalue weighted by molar-refractivity contribution is 0.244. The van der Waals surface area contributed by atoms with Crippen molar-refractivity contribution >= 4 is 12.8 Å². The molecule has 3 heteroatoms. The minimum absolute atomic E-state index is 0.972. The Labute approximate surface area is 68.0 Å². The maximum atomic E-state index is 4.24. The fourth-order valence-corrected chi connectivity index (χ4v) is 1.24. The Balaban J connectivity index is 2.41. The van der Waals surface area contributed by atoms with Gasteiger partial charge in [-0.05, 0) is 6.54 Å². The third-order valence-corrected chi connectivity index (χ3v) is 2.33. The van der Waals surface area contributed by atoms with Crippen LogP contribution in [0.2, 0.25) is 0 Å². The summed E-state index contributed by atoms with van der Waals surface area (Å²) in [6.45, 7) is 10.3. The van der Waals surface area contributed by atoms with Gasteiger partial charge in [0.15, 0.2) is 0 Å². The van der Waals surface area contributed by atoms with Crippen LogP contribution >= 0.6 is 12.8 Å². The van der Waals surface area contributed by atoms with E-state index in [1.165, 1.54) is 0 Å². The third-order valence-electron chi connectivity index (χ3n) is 1.85. The van der Waals surface area contributed by atoms with Crippen molar-refractivity contribution in [3.8, 4) is 0 Å². The van der Waals surface area contributed by atoms with E-state index in [4.69, 9.17) is 0 Å². The highest BCUT2D eigenvalue weighted by Gasteiger charge is 2.14. The summed E-state index contributed by atoms with van der Waals surface area (Å²) in [6.07, 6.45) is 0. The first-order valence-corrected chi connectivity index (χ1v) is 4.00. The predicted octanol–water partition coefficient (Wildman–Crippen LogP) is 0.982. The van der Waals surface area contributed by atoms with Gasteiger partial charge in [-0.25, -0.2) is 0 Å². The molecule has 0 aromatic heterocycles. The van der Waals surface area contributed by atoms with E-state index in [1.807, 2.05) is 4.31 Å².